The lowest BCUT2D eigenvalue weighted by Crippen LogP contribution is -2.43. The minimum Gasteiger partial charge on any atom is -0.458 e. The molecule has 1 amide bonds. The predicted octanol–water partition coefficient (Wildman–Crippen LogP) is 3.29. The Morgan fingerprint density at radius 2 is 2.00 bits per heavy atom. The smallest absolute Gasteiger partial charge is 0.338 e. The zero-order valence-electron chi connectivity index (χ0n) is 15.2. The summed E-state index contributed by atoms with van der Waals surface area (Å²) in [6.45, 7) is 9.79. The highest BCUT2D eigenvalue weighted by atomic mass is 16.5. The summed E-state index contributed by atoms with van der Waals surface area (Å²) in [4.78, 5) is 24.7. The first kappa shape index (κ1) is 19.2. The van der Waals surface area contributed by atoms with E-state index in [9.17, 15) is 9.59 Å². The van der Waals surface area contributed by atoms with Crippen molar-refractivity contribution in [3.8, 4) is 0 Å². The normalized spacial score (nSPS) is 25.9. The van der Waals surface area contributed by atoms with E-state index in [1.807, 2.05) is 13.0 Å². The number of carbonyl (C=O) groups excluding carboxylic acids is 2. The number of nitrogens with two attached hydrogens (primary N) is 1. The van der Waals surface area contributed by atoms with Crippen LogP contribution in [-0.4, -0.2) is 24.5 Å². The third-order valence-electron chi connectivity index (χ3n) is 4.94. The van der Waals surface area contributed by atoms with Crippen molar-refractivity contribution in [1.29, 1.82) is 0 Å². The summed E-state index contributed by atoms with van der Waals surface area (Å²) >= 11 is 0. The number of benzene rings is 1. The van der Waals surface area contributed by atoms with E-state index in [0.717, 1.165) is 12.0 Å². The maximum Gasteiger partial charge on any atom is 0.338 e. The SMILES string of the molecule is C=CCOC(=O)c1cc(C)cc(NC(=O)[C@H]2C[C@H](N)[C@@H](C)C[C@H]2C)c1. The number of aryl methyl sites for hydroxylation is 1. The summed E-state index contributed by atoms with van der Waals surface area (Å²) in [7, 11) is 0. The molecule has 1 aromatic rings. The Morgan fingerprint density at radius 1 is 1.28 bits per heavy atom. The standard InChI is InChI=1S/C20H28N2O3/c1-5-6-25-20(24)15-7-12(2)8-16(10-15)22-19(23)17-11-18(21)14(4)9-13(17)3/h5,7-8,10,13-14,17-18H,1,6,9,11,21H2,2-4H3,(H,22,23)/t13-,14+,17+,18+/m1/s1. The highest BCUT2D eigenvalue weighted by molar-refractivity contribution is 5.96. The number of esters is 1. The molecule has 1 fully saturated rings. The molecule has 1 aromatic carbocycles. The molecular weight excluding hydrogens is 316 g/mol. The van der Waals surface area contributed by atoms with Gasteiger partial charge in [-0.25, -0.2) is 4.79 Å². The van der Waals surface area contributed by atoms with E-state index in [1.165, 1.54) is 6.08 Å². The largest absolute Gasteiger partial charge is 0.458 e. The number of nitrogens with one attached hydrogen (secondary N) is 1. The van der Waals surface area contributed by atoms with Crippen LogP contribution in [0.2, 0.25) is 0 Å². The van der Waals surface area contributed by atoms with Crippen LogP contribution in [0, 0.1) is 24.7 Å². The molecule has 0 aromatic heterocycles. The number of rotatable bonds is 5. The molecule has 0 saturated heterocycles. The number of amides is 1. The van der Waals surface area contributed by atoms with Crippen LogP contribution in [0.15, 0.2) is 30.9 Å². The zero-order valence-corrected chi connectivity index (χ0v) is 15.2. The van der Waals surface area contributed by atoms with Gasteiger partial charge in [-0.3, -0.25) is 4.79 Å². The van der Waals surface area contributed by atoms with Crippen LogP contribution in [0.4, 0.5) is 5.69 Å². The van der Waals surface area contributed by atoms with Gasteiger partial charge in [0.25, 0.3) is 0 Å². The van der Waals surface area contributed by atoms with Crippen molar-refractivity contribution < 1.29 is 14.3 Å². The number of anilines is 1. The molecule has 0 heterocycles. The topological polar surface area (TPSA) is 81.4 Å². The molecule has 3 N–H and O–H groups in total. The molecule has 4 atom stereocenters. The van der Waals surface area contributed by atoms with Gasteiger partial charge in [-0.2, -0.15) is 0 Å². The van der Waals surface area contributed by atoms with Crippen molar-refractivity contribution in [3.63, 3.8) is 0 Å². The maximum absolute atomic E-state index is 12.7. The van der Waals surface area contributed by atoms with Gasteiger partial charge in [0, 0.05) is 17.6 Å². The summed E-state index contributed by atoms with van der Waals surface area (Å²) in [5, 5.41) is 2.95. The Labute approximate surface area is 149 Å². The molecule has 0 aliphatic heterocycles. The van der Waals surface area contributed by atoms with Crippen molar-refractivity contribution in [1.82, 2.24) is 0 Å². The molecule has 1 aliphatic rings. The van der Waals surface area contributed by atoms with Crippen molar-refractivity contribution in [2.75, 3.05) is 11.9 Å². The molecule has 1 saturated carbocycles. The van der Waals surface area contributed by atoms with Crippen LogP contribution in [0.3, 0.4) is 0 Å². The van der Waals surface area contributed by atoms with Gasteiger partial charge < -0.3 is 15.8 Å². The fraction of sp³-hybridized carbons (Fsp3) is 0.500. The highest BCUT2D eigenvalue weighted by Crippen LogP contribution is 2.33. The molecule has 5 heteroatoms. The molecular formula is C20H28N2O3. The first-order valence-corrected chi connectivity index (χ1v) is 8.78. The van der Waals surface area contributed by atoms with Gasteiger partial charge in [-0.05, 0) is 55.4 Å². The first-order chi connectivity index (χ1) is 11.8. The van der Waals surface area contributed by atoms with E-state index in [-0.39, 0.29) is 30.4 Å². The minimum absolute atomic E-state index is 0.0362. The molecule has 0 radical (unpaired) electrons. The summed E-state index contributed by atoms with van der Waals surface area (Å²) in [5.74, 6) is 0.149. The van der Waals surface area contributed by atoms with Gasteiger partial charge in [-0.1, -0.05) is 26.5 Å². The summed E-state index contributed by atoms with van der Waals surface area (Å²) in [6.07, 6.45) is 3.16. The van der Waals surface area contributed by atoms with Gasteiger partial charge in [0.1, 0.15) is 6.61 Å². The van der Waals surface area contributed by atoms with E-state index in [2.05, 4.69) is 25.7 Å². The molecule has 0 spiro atoms. The van der Waals surface area contributed by atoms with Crippen LogP contribution in [-0.2, 0) is 9.53 Å². The van der Waals surface area contributed by atoms with E-state index in [0.29, 0.717) is 23.6 Å². The Hall–Kier alpha value is -2.14. The molecule has 0 unspecified atom stereocenters. The lowest BCUT2D eigenvalue weighted by atomic mass is 9.72. The summed E-state index contributed by atoms with van der Waals surface area (Å²) in [6, 6.07) is 5.28. The Bertz CT molecular complexity index is 656. The van der Waals surface area contributed by atoms with E-state index in [1.54, 1.807) is 12.1 Å². The second kappa shape index (κ2) is 8.30. The monoisotopic (exact) mass is 344 g/mol. The number of ether oxygens (including phenoxy) is 1. The van der Waals surface area contributed by atoms with Crippen molar-refractivity contribution in [3.05, 3.63) is 42.0 Å². The molecule has 136 valence electrons. The van der Waals surface area contributed by atoms with Gasteiger partial charge in [-0.15, -0.1) is 0 Å². The average Bonchev–Trinajstić information content (AvgIpc) is 2.55. The molecule has 5 nitrogen and oxygen atoms in total. The molecule has 25 heavy (non-hydrogen) atoms. The Kier molecular flexibility index (Phi) is 6.37. The van der Waals surface area contributed by atoms with Gasteiger partial charge >= 0.3 is 5.97 Å². The van der Waals surface area contributed by atoms with Crippen LogP contribution in [0.1, 0.15) is 42.6 Å². The highest BCUT2D eigenvalue weighted by Gasteiger charge is 2.35. The van der Waals surface area contributed by atoms with Crippen molar-refractivity contribution in [2.45, 2.75) is 39.7 Å². The van der Waals surface area contributed by atoms with E-state index >= 15 is 0 Å². The van der Waals surface area contributed by atoms with Crippen LogP contribution >= 0.6 is 0 Å². The van der Waals surface area contributed by atoms with Gasteiger partial charge in [0.15, 0.2) is 0 Å². The van der Waals surface area contributed by atoms with E-state index < -0.39 is 5.97 Å². The van der Waals surface area contributed by atoms with Gasteiger partial charge in [0.05, 0.1) is 5.56 Å². The molecule has 2 rings (SSSR count). The first-order valence-electron chi connectivity index (χ1n) is 8.78. The number of hydrogen-bond acceptors (Lipinski definition) is 4. The lowest BCUT2D eigenvalue weighted by molar-refractivity contribution is -0.122. The second-order valence-electron chi connectivity index (χ2n) is 7.16. The number of carbonyl (C=O) groups is 2. The van der Waals surface area contributed by atoms with Crippen LogP contribution in [0.5, 0.6) is 0 Å². The fourth-order valence-electron chi connectivity index (χ4n) is 3.47. The van der Waals surface area contributed by atoms with Crippen molar-refractivity contribution in [2.24, 2.45) is 23.5 Å². The predicted molar refractivity (Wildman–Crippen MR) is 99.3 cm³/mol. The van der Waals surface area contributed by atoms with E-state index in [4.69, 9.17) is 10.5 Å². The third-order valence-corrected chi connectivity index (χ3v) is 4.94. The number of hydrogen-bond donors (Lipinski definition) is 2. The Balaban J connectivity index is 2.11. The second-order valence-corrected chi connectivity index (χ2v) is 7.16. The van der Waals surface area contributed by atoms with Gasteiger partial charge in [0.2, 0.25) is 5.91 Å². The molecule has 0 bridgehead atoms. The molecule has 1 aliphatic carbocycles. The lowest BCUT2D eigenvalue weighted by Gasteiger charge is -2.36. The van der Waals surface area contributed by atoms with Crippen LogP contribution < -0.4 is 11.1 Å². The summed E-state index contributed by atoms with van der Waals surface area (Å²) < 4.78 is 5.07. The quantitative estimate of drug-likeness (QED) is 0.634. The summed E-state index contributed by atoms with van der Waals surface area (Å²) in [5.41, 5.74) is 8.05. The Morgan fingerprint density at radius 3 is 2.68 bits per heavy atom. The zero-order chi connectivity index (χ0) is 18.6. The maximum atomic E-state index is 12.7. The minimum atomic E-state index is -0.430. The average molecular weight is 344 g/mol. The fourth-order valence-corrected chi connectivity index (χ4v) is 3.47. The third kappa shape index (κ3) is 4.92. The van der Waals surface area contributed by atoms with Crippen molar-refractivity contribution >= 4 is 17.6 Å². The van der Waals surface area contributed by atoms with Crippen LogP contribution in [0.25, 0.3) is 0 Å².